The lowest BCUT2D eigenvalue weighted by atomic mass is 9.72. The highest BCUT2D eigenvalue weighted by Gasteiger charge is 2.26. The van der Waals surface area contributed by atoms with Crippen molar-refractivity contribution in [2.75, 3.05) is 0 Å². The first-order valence-electron chi connectivity index (χ1n) is 11.2. The van der Waals surface area contributed by atoms with Gasteiger partial charge in [0.25, 0.3) is 0 Å². The number of aldehydes is 1. The molecule has 0 aromatic rings. The Morgan fingerprint density at radius 2 is 1.23 bits per heavy atom. The van der Waals surface area contributed by atoms with Gasteiger partial charge in [0.1, 0.15) is 6.29 Å². The van der Waals surface area contributed by atoms with Crippen molar-refractivity contribution in [3.05, 3.63) is 106 Å². The third-order valence-corrected chi connectivity index (χ3v) is 5.51. The summed E-state index contributed by atoms with van der Waals surface area (Å²) in [6.07, 6.45) is 29.5. The number of hydrogen-bond acceptors (Lipinski definition) is 1. The monoisotopic (exact) mass is 416 g/mol. The van der Waals surface area contributed by atoms with E-state index in [1.54, 1.807) is 6.92 Å². The summed E-state index contributed by atoms with van der Waals surface area (Å²) in [5.74, 6) is 0. The van der Waals surface area contributed by atoms with Gasteiger partial charge in [-0.25, -0.2) is 0 Å². The quantitative estimate of drug-likeness (QED) is 0.209. The van der Waals surface area contributed by atoms with Crippen LogP contribution in [-0.2, 0) is 4.79 Å². The molecule has 0 spiro atoms. The Balaban J connectivity index is 2.65. The zero-order chi connectivity index (χ0) is 23.3. The van der Waals surface area contributed by atoms with Crippen molar-refractivity contribution < 1.29 is 4.79 Å². The highest BCUT2D eigenvalue weighted by Crippen LogP contribution is 2.40. The van der Waals surface area contributed by atoms with Gasteiger partial charge in [-0.2, -0.15) is 0 Å². The van der Waals surface area contributed by atoms with Crippen LogP contribution in [0.2, 0.25) is 0 Å². The minimum Gasteiger partial charge on any atom is -0.298 e. The van der Waals surface area contributed by atoms with Crippen molar-refractivity contribution in [2.24, 2.45) is 5.41 Å². The standard InChI is InChI=1S/C30H40O/c1-24(13-8-9-14-25(2)16-11-18-27(4)23-31)15-10-17-26(3)20-21-29-28(5)19-12-22-30(29,6)7/h8-11,13-18,20-21,23H,12,19,22H2,1-7H3/b9-8+,15-10+,16-11+,21-20?,24-13+,25-14+,26-17?,27-18+. The molecule has 0 aromatic carbocycles. The van der Waals surface area contributed by atoms with E-state index in [1.165, 1.54) is 41.6 Å². The van der Waals surface area contributed by atoms with Crippen molar-refractivity contribution in [2.45, 2.75) is 67.7 Å². The van der Waals surface area contributed by atoms with E-state index in [1.807, 2.05) is 43.4 Å². The van der Waals surface area contributed by atoms with Gasteiger partial charge in [0.2, 0.25) is 0 Å². The molecule has 1 nitrogen and oxygen atoms in total. The Morgan fingerprint density at radius 1 is 0.742 bits per heavy atom. The minimum absolute atomic E-state index is 0.286. The van der Waals surface area contributed by atoms with Gasteiger partial charge >= 0.3 is 0 Å². The number of carbonyl (C=O) groups excluding carboxylic acids is 1. The molecular weight excluding hydrogens is 376 g/mol. The predicted octanol–water partition coefficient (Wildman–Crippen LogP) is 8.72. The van der Waals surface area contributed by atoms with Crippen LogP contribution in [0.5, 0.6) is 0 Å². The van der Waals surface area contributed by atoms with Gasteiger partial charge < -0.3 is 0 Å². The van der Waals surface area contributed by atoms with Gasteiger partial charge in [-0.1, -0.05) is 109 Å². The fourth-order valence-electron chi connectivity index (χ4n) is 3.55. The molecule has 0 N–H and O–H groups in total. The van der Waals surface area contributed by atoms with E-state index >= 15 is 0 Å². The lowest BCUT2D eigenvalue weighted by molar-refractivity contribution is -0.104. The molecule has 0 aliphatic heterocycles. The number of carbonyl (C=O) groups is 1. The molecule has 1 aliphatic carbocycles. The smallest absolute Gasteiger partial charge is 0.145 e. The summed E-state index contributed by atoms with van der Waals surface area (Å²) in [4.78, 5) is 10.6. The largest absolute Gasteiger partial charge is 0.298 e. The maximum absolute atomic E-state index is 10.6. The Bertz CT molecular complexity index is 887. The molecule has 1 rings (SSSR count). The average Bonchev–Trinajstić information content (AvgIpc) is 2.70. The third kappa shape index (κ3) is 10.8. The number of hydrogen-bond donors (Lipinski definition) is 0. The molecule has 0 radical (unpaired) electrons. The summed E-state index contributed by atoms with van der Waals surface area (Å²) >= 11 is 0. The lowest BCUT2D eigenvalue weighted by Crippen LogP contribution is -2.19. The minimum atomic E-state index is 0.286. The van der Waals surface area contributed by atoms with E-state index in [4.69, 9.17) is 0 Å². The van der Waals surface area contributed by atoms with Gasteiger partial charge in [0.05, 0.1) is 0 Å². The second kappa shape index (κ2) is 13.6. The van der Waals surface area contributed by atoms with E-state index in [0.29, 0.717) is 0 Å². The zero-order valence-electron chi connectivity index (χ0n) is 20.5. The molecule has 1 heteroatoms. The molecule has 166 valence electrons. The Kier molecular flexibility index (Phi) is 11.6. The zero-order valence-corrected chi connectivity index (χ0v) is 20.5. The fraction of sp³-hybridized carbons (Fsp3) is 0.367. The topological polar surface area (TPSA) is 17.1 Å². The summed E-state index contributed by atoms with van der Waals surface area (Å²) in [5.41, 5.74) is 7.62. The first-order chi connectivity index (χ1) is 14.7. The molecule has 1 aliphatic rings. The third-order valence-electron chi connectivity index (χ3n) is 5.51. The summed E-state index contributed by atoms with van der Waals surface area (Å²) in [6.45, 7) is 15.1. The second-order valence-corrected chi connectivity index (χ2v) is 9.13. The maximum Gasteiger partial charge on any atom is 0.145 e. The van der Waals surface area contributed by atoms with Gasteiger partial charge in [0.15, 0.2) is 0 Å². The molecule has 0 amide bonds. The maximum atomic E-state index is 10.6. The van der Waals surface area contributed by atoms with Crippen LogP contribution in [0, 0.1) is 5.41 Å². The highest BCUT2D eigenvalue weighted by atomic mass is 16.1. The average molecular weight is 417 g/mol. The van der Waals surface area contributed by atoms with E-state index < -0.39 is 0 Å². The van der Waals surface area contributed by atoms with Crippen LogP contribution in [0.15, 0.2) is 106 Å². The SMILES string of the molecule is CC(C=CC1=C(C)CCCC1(C)C)=C/C=C/C(C)=C/C=C/C=C(C)/C=C/C=C(\C)C=O. The molecule has 31 heavy (non-hydrogen) atoms. The summed E-state index contributed by atoms with van der Waals surface area (Å²) in [6, 6.07) is 0. The molecule has 0 bridgehead atoms. The van der Waals surface area contributed by atoms with Crippen molar-refractivity contribution >= 4 is 6.29 Å². The van der Waals surface area contributed by atoms with Crippen LogP contribution >= 0.6 is 0 Å². The van der Waals surface area contributed by atoms with Crippen molar-refractivity contribution in [3.63, 3.8) is 0 Å². The lowest BCUT2D eigenvalue weighted by Gasteiger charge is -2.32. The fourth-order valence-corrected chi connectivity index (χ4v) is 3.55. The Hall–Kier alpha value is -2.67. The second-order valence-electron chi connectivity index (χ2n) is 9.13. The van der Waals surface area contributed by atoms with Crippen LogP contribution in [0.3, 0.4) is 0 Å². The molecule has 0 unspecified atom stereocenters. The Labute approximate surface area is 190 Å². The van der Waals surface area contributed by atoms with Crippen molar-refractivity contribution in [1.82, 2.24) is 0 Å². The highest BCUT2D eigenvalue weighted by molar-refractivity contribution is 5.72. The normalized spacial score (nSPS) is 19.6. The summed E-state index contributed by atoms with van der Waals surface area (Å²) in [5, 5.41) is 0. The van der Waals surface area contributed by atoms with Gasteiger partial charge in [-0.15, -0.1) is 0 Å². The van der Waals surface area contributed by atoms with Gasteiger partial charge in [0, 0.05) is 0 Å². The van der Waals surface area contributed by atoms with Crippen molar-refractivity contribution in [3.8, 4) is 0 Å². The van der Waals surface area contributed by atoms with E-state index in [-0.39, 0.29) is 5.41 Å². The molecular formula is C30H40O. The van der Waals surface area contributed by atoms with Crippen LogP contribution < -0.4 is 0 Å². The molecule has 0 heterocycles. The van der Waals surface area contributed by atoms with Gasteiger partial charge in [-0.05, 0) is 70.4 Å². The molecule has 0 saturated carbocycles. The van der Waals surface area contributed by atoms with Gasteiger partial charge in [-0.3, -0.25) is 4.79 Å². The van der Waals surface area contributed by atoms with Crippen LogP contribution in [0.4, 0.5) is 0 Å². The number of allylic oxidation sites excluding steroid dienone is 18. The van der Waals surface area contributed by atoms with E-state index in [0.717, 1.165) is 17.4 Å². The van der Waals surface area contributed by atoms with E-state index in [2.05, 4.69) is 71.1 Å². The van der Waals surface area contributed by atoms with Crippen LogP contribution in [0.25, 0.3) is 0 Å². The van der Waals surface area contributed by atoms with Crippen LogP contribution in [0.1, 0.15) is 67.7 Å². The number of rotatable bonds is 9. The summed E-state index contributed by atoms with van der Waals surface area (Å²) in [7, 11) is 0. The predicted molar refractivity (Wildman–Crippen MR) is 138 cm³/mol. The first kappa shape index (κ1) is 26.4. The summed E-state index contributed by atoms with van der Waals surface area (Å²) < 4.78 is 0. The Morgan fingerprint density at radius 3 is 1.74 bits per heavy atom. The van der Waals surface area contributed by atoms with Crippen molar-refractivity contribution in [1.29, 1.82) is 0 Å². The molecule has 0 atom stereocenters. The van der Waals surface area contributed by atoms with E-state index in [9.17, 15) is 4.79 Å². The molecule has 0 aromatic heterocycles. The molecule has 0 fully saturated rings. The first-order valence-corrected chi connectivity index (χ1v) is 11.2. The van der Waals surface area contributed by atoms with Crippen LogP contribution in [-0.4, -0.2) is 6.29 Å². The molecule has 0 saturated heterocycles.